The van der Waals surface area contributed by atoms with Crippen molar-refractivity contribution in [1.29, 1.82) is 0 Å². The Labute approximate surface area is 146 Å². The molecule has 132 valence electrons. The number of sulfone groups is 1. The molecule has 2 aromatic carbocycles. The molecule has 0 saturated carbocycles. The van der Waals surface area contributed by atoms with E-state index in [9.17, 15) is 23.1 Å². The van der Waals surface area contributed by atoms with Gasteiger partial charge in [-0.1, -0.05) is 48.5 Å². The average molecular weight is 361 g/mol. The molecule has 2 aromatic rings. The molecule has 0 aromatic heterocycles. The Morgan fingerprint density at radius 2 is 1.52 bits per heavy atom. The average Bonchev–Trinajstić information content (AvgIpc) is 2.60. The first-order chi connectivity index (χ1) is 11.9. The largest absolute Gasteiger partial charge is 0.480 e. The number of aliphatic carboxylic acids is 1. The Balaban J connectivity index is 1.97. The summed E-state index contributed by atoms with van der Waals surface area (Å²) in [5.41, 5.74) is 0.751. The van der Waals surface area contributed by atoms with Crippen LogP contribution < -0.4 is 5.32 Å². The topological polar surface area (TPSA) is 101 Å². The molecular weight excluding hydrogens is 342 g/mol. The normalized spacial score (nSPS) is 12.3. The van der Waals surface area contributed by atoms with Gasteiger partial charge in [-0.15, -0.1) is 0 Å². The molecule has 25 heavy (non-hydrogen) atoms. The Morgan fingerprint density at radius 1 is 0.960 bits per heavy atom. The Hall–Kier alpha value is -2.67. The quantitative estimate of drug-likeness (QED) is 0.745. The maximum Gasteiger partial charge on any atom is 0.326 e. The van der Waals surface area contributed by atoms with Crippen molar-refractivity contribution in [3.05, 3.63) is 66.2 Å². The van der Waals surface area contributed by atoms with Gasteiger partial charge in [0.05, 0.1) is 17.1 Å². The van der Waals surface area contributed by atoms with E-state index < -0.39 is 27.8 Å². The third kappa shape index (κ3) is 5.72. The molecule has 0 saturated heterocycles. The summed E-state index contributed by atoms with van der Waals surface area (Å²) in [4.78, 5) is 23.5. The second kappa shape index (κ2) is 8.43. The highest BCUT2D eigenvalue weighted by atomic mass is 32.2. The van der Waals surface area contributed by atoms with E-state index in [2.05, 4.69) is 5.32 Å². The van der Waals surface area contributed by atoms with Gasteiger partial charge in [-0.05, 0) is 24.1 Å². The summed E-state index contributed by atoms with van der Waals surface area (Å²) in [5.74, 6) is -2.08. The summed E-state index contributed by atoms with van der Waals surface area (Å²) in [5, 5.41) is 11.6. The van der Waals surface area contributed by atoms with Gasteiger partial charge in [0, 0.05) is 0 Å². The van der Waals surface area contributed by atoms with Crippen LogP contribution in [0.2, 0.25) is 0 Å². The fourth-order valence-corrected chi connectivity index (χ4v) is 3.66. The van der Waals surface area contributed by atoms with Crippen molar-refractivity contribution in [3.63, 3.8) is 0 Å². The summed E-state index contributed by atoms with van der Waals surface area (Å²) >= 11 is 0. The van der Waals surface area contributed by atoms with Gasteiger partial charge in [-0.2, -0.15) is 0 Å². The zero-order valence-electron chi connectivity index (χ0n) is 13.5. The van der Waals surface area contributed by atoms with Crippen LogP contribution in [0.4, 0.5) is 0 Å². The van der Waals surface area contributed by atoms with Crippen molar-refractivity contribution in [2.24, 2.45) is 0 Å². The summed E-state index contributed by atoms with van der Waals surface area (Å²) in [7, 11) is -3.60. The van der Waals surface area contributed by atoms with Crippen LogP contribution in [0.25, 0.3) is 0 Å². The SMILES string of the molecule is O=C(Cc1ccccc1)N[C@H](CCS(=O)(=O)c1ccccc1)C(=O)O. The number of carboxylic acid groups (broad SMARTS) is 1. The monoisotopic (exact) mass is 361 g/mol. The van der Waals surface area contributed by atoms with Gasteiger partial charge in [-0.25, -0.2) is 13.2 Å². The number of benzene rings is 2. The zero-order chi connectivity index (χ0) is 18.3. The molecule has 0 aliphatic carbocycles. The van der Waals surface area contributed by atoms with Crippen molar-refractivity contribution in [3.8, 4) is 0 Å². The summed E-state index contributed by atoms with van der Waals surface area (Å²) in [6.07, 6.45) is -0.164. The first kappa shape index (κ1) is 18.7. The molecule has 1 atom stereocenters. The fraction of sp³-hybridized carbons (Fsp3) is 0.222. The predicted molar refractivity (Wildman–Crippen MR) is 92.8 cm³/mol. The van der Waals surface area contributed by atoms with E-state index in [1.807, 2.05) is 6.07 Å². The minimum absolute atomic E-state index is 0.0378. The first-order valence-corrected chi connectivity index (χ1v) is 9.37. The van der Waals surface area contributed by atoms with Crippen LogP contribution in [-0.2, 0) is 25.8 Å². The summed E-state index contributed by atoms with van der Waals surface area (Å²) in [6, 6.07) is 15.5. The van der Waals surface area contributed by atoms with Crippen LogP contribution >= 0.6 is 0 Å². The summed E-state index contributed by atoms with van der Waals surface area (Å²) in [6.45, 7) is 0. The molecule has 2 rings (SSSR count). The Morgan fingerprint density at radius 3 is 2.08 bits per heavy atom. The van der Waals surface area contributed by atoms with Crippen LogP contribution in [0.3, 0.4) is 0 Å². The fourth-order valence-electron chi connectivity index (χ4n) is 2.30. The second-order valence-corrected chi connectivity index (χ2v) is 7.65. The molecule has 2 N–H and O–H groups in total. The van der Waals surface area contributed by atoms with E-state index in [4.69, 9.17) is 0 Å². The lowest BCUT2D eigenvalue weighted by molar-refractivity contribution is -0.141. The number of carbonyl (C=O) groups is 2. The predicted octanol–water partition coefficient (Wildman–Crippen LogP) is 1.66. The third-order valence-corrected chi connectivity index (χ3v) is 5.38. The van der Waals surface area contributed by atoms with Crippen LogP contribution in [0.5, 0.6) is 0 Å². The molecule has 7 heteroatoms. The molecule has 0 radical (unpaired) electrons. The number of amides is 1. The standard InChI is InChI=1S/C18H19NO5S/c20-17(13-14-7-3-1-4-8-14)19-16(18(21)22)11-12-25(23,24)15-9-5-2-6-10-15/h1-10,16H,11-13H2,(H,19,20)(H,21,22)/t16-/m1/s1. The van der Waals surface area contributed by atoms with Crippen LogP contribution in [0.15, 0.2) is 65.6 Å². The summed E-state index contributed by atoms with van der Waals surface area (Å²) < 4.78 is 24.5. The highest BCUT2D eigenvalue weighted by Gasteiger charge is 2.24. The highest BCUT2D eigenvalue weighted by Crippen LogP contribution is 2.12. The van der Waals surface area contributed by atoms with E-state index >= 15 is 0 Å². The van der Waals surface area contributed by atoms with Crippen molar-refractivity contribution in [1.82, 2.24) is 5.32 Å². The molecule has 0 aliphatic rings. The smallest absolute Gasteiger partial charge is 0.326 e. The number of hydrogen-bond acceptors (Lipinski definition) is 4. The number of hydrogen-bond donors (Lipinski definition) is 2. The van der Waals surface area contributed by atoms with Crippen molar-refractivity contribution < 1.29 is 23.1 Å². The van der Waals surface area contributed by atoms with Gasteiger partial charge < -0.3 is 10.4 Å². The molecule has 0 bridgehead atoms. The molecule has 0 spiro atoms. The minimum atomic E-state index is -3.60. The van der Waals surface area contributed by atoms with Crippen molar-refractivity contribution in [2.45, 2.75) is 23.8 Å². The van der Waals surface area contributed by atoms with Gasteiger partial charge in [0.2, 0.25) is 5.91 Å². The number of rotatable bonds is 8. The number of nitrogens with one attached hydrogen (secondary N) is 1. The van der Waals surface area contributed by atoms with E-state index in [0.717, 1.165) is 5.56 Å². The lowest BCUT2D eigenvalue weighted by Crippen LogP contribution is -2.42. The lowest BCUT2D eigenvalue weighted by atomic mass is 10.1. The van der Waals surface area contributed by atoms with Crippen molar-refractivity contribution in [2.75, 3.05) is 5.75 Å². The zero-order valence-corrected chi connectivity index (χ0v) is 14.3. The molecule has 0 unspecified atom stereocenters. The molecular formula is C18H19NO5S. The van der Waals surface area contributed by atoms with E-state index in [-0.39, 0.29) is 23.5 Å². The molecule has 0 aliphatic heterocycles. The molecule has 0 heterocycles. The minimum Gasteiger partial charge on any atom is -0.480 e. The van der Waals surface area contributed by atoms with Gasteiger partial charge in [0.25, 0.3) is 0 Å². The molecule has 6 nitrogen and oxygen atoms in total. The van der Waals surface area contributed by atoms with Gasteiger partial charge >= 0.3 is 5.97 Å². The number of carboxylic acids is 1. The van der Waals surface area contributed by atoms with E-state index in [1.165, 1.54) is 12.1 Å². The van der Waals surface area contributed by atoms with Crippen LogP contribution in [-0.4, -0.2) is 37.2 Å². The van der Waals surface area contributed by atoms with E-state index in [1.54, 1.807) is 42.5 Å². The molecule has 0 fully saturated rings. The van der Waals surface area contributed by atoms with Crippen molar-refractivity contribution >= 4 is 21.7 Å². The van der Waals surface area contributed by atoms with Gasteiger partial charge in [0.15, 0.2) is 9.84 Å². The van der Waals surface area contributed by atoms with Gasteiger partial charge in [-0.3, -0.25) is 4.79 Å². The highest BCUT2D eigenvalue weighted by molar-refractivity contribution is 7.91. The molecule has 1 amide bonds. The third-order valence-electron chi connectivity index (χ3n) is 3.62. The van der Waals surface area contributed by atoms with Crippen LogP contribution in [0.1, 0.15) is 12.0 Å². The van der Waals surface area contributed by atoms with Crippen LogP contribution in [0, 0.1) is 0 Å². The Bertz CT molecular complexity index is 819. The first-order valence-electron chi connectivity index (χ1n) is 7.72. The second-order valence-electron chi connectivity index (χ2n) is 5.54. The maximum atomic E-state index is 12.2. The van der Waals surface area contributed by atoms with E-state index in [0.29, 0.717) is 0 Å². The maximum absolute atomic E-state index is 12.2. The Kier molecular flexibility index (Phi) is 6.30. The number of carbonyl (C=O) groups excluding carboxylic acids is 1. The van der Waals surface area contributed by atoms with Gasteiger partial charge in [0.1, 0.15) is 6.04 Å². The lowest BCUT2D eigenvalue weighted by Gasteiger charge is -2.15.